The first-order valence-corrected chi connectivity index (χ1v) is 9.44. The number of nitrogens with two attached hydrogens (primary N) is 1. The van der Waals surface area contributed by atoms with Gasteiger partial charge >= 0.3 is 0 Å². The maximum absolute atomic E-state index is 12.8. The monoisotopic (exact) mass is 373 g/mol. The number of amides is 1. The van der Waals surface area contributed by atoms with E-state index >= 15 is 0 Å². The van der Waals surface area contributed by atoms with Gasteiger partial charge in [0.2, 0.25) is 0 Å². The first kappa shape index (κ1) is 18.1. The summed E-state index contributed by atoms with van der Waals surface area (Å²) in [6.07, 6.45) is 3.00. The number of aromatic nitrogens is 2. The molecule has 0 atom stereocenters. The molecule has 1 aliphatic heterocycles. The molecule has 0 bridgehead atoms. The van der Waals surface area contributed by atoms with Crippen LogP contribution >= 0.6 is 0 Å². The normalized spacial score (nSPS) is 15.0. The molecule has 0 unspecified atom stereocenters. The number of piperazine rings is 1. The third kappa shape index (κ3) is 3.73. The molecule has 6 heteroatoms. The summed E-state index contributed by atoms with van der Waals surface area (Å²) in [6, 6.07) is 21.2. The molecule has 2 heterocycles. The Balaban J connectivity index is 1.52. The van der Waals surface area contributed by atoms with Crippen molar-refractivity contribution in [2.24, 2.45) is 0 Å². The number of benzene rings is 2. The molecular weight excluding hydrogens is 350 g/mol. The van der Waals surface area contributed by atoms with Crippen LogP contribution in [0.15, 0.2) is 73.1 Å². The van der Waals surface area contributed by atoms with E-state index in [1.807, 2.05) is 17.0 Å². The summed E-state index contributed by atoms with van der Waals surface area (Å²) in [5, 5.41) is 0. The molecule has 6 nitrogen and oxygen atoms in total. The molecule has 1 amide bonds. The predicted molar refractivity (Wildman–Crippen MR) is 109 cm³/mol. The Morgan fingerprint density at radius 2 is 1.36 bits per heavy atom. The van der Waals surface area contributed by atoms with Crippen LogP contribution < -0.4 is 5.73 Å². The fourth-order valence-electron chi connectivity index (χ4n) is 3.73. The van der Waals surface area contributed by atoms with Gasteiger partial charge in [0.1, 0.15) is 0 Å². The van der Waals surface area contributed by atoms with Gasteiger partial charge in [-0.3, -0.25) is 9.69 Å². The van der Waals surface area contributed by atoms with E-state index in [1.54, 1.807) is 0 Å². The van der Waals surface area contributed by atoms with Crippen LogP contribution in [0, 0.1) is 0 Å². The zero-order valence-corrected chi connectivity index (χ0v) is 15.6. The van der Waals surface area contributed by atoms with Crippen LogP contribution in [0.2, 0.25) is 0 Å². The molecule has 0 spiro atoms. The van der Waals surface area contributed by atoms with Crippen LogP contribution in [0.1, 0.15) is 27.7 Å². The molecule has 1 fully saturated rings. The molecule has 1 saturated heterocycles. The van der Waals surface area contributed by atoms with Crippen molar-refractivity contribution in [2.75, 3.05) is 31.9 Å². The third-order valence-electron chi connectivity index (χ3n) is 5.13. The lowest BCUT2D eigenvalue weighted by Gasteiger charge is -2.39. The van der Waals surface area contributed by atoms with Crippen LogP contribution in [-0.4, -0.2) is 51.9 Å². The van der Waals surface area contributed by atoms with E-state index in [1.165, 1.54) is 23.5 Å². The largest absolute Gasteiger partial charge is 0.382 e. The first-order chi connectivity index (χ1) is 13.7. The van der Waals surface area contributed by atoms with Crippen molar-refractivity contribution in [2.45, 2.75) is 6.04 Å². The highest BCUT2D eigenvalue weighted by Crippen LogP contribution is 2.29. The average molecular weight is 373 g/mol. The number of rotatable bonds is 4. The highest BCUT2D eigenvalue weighted by atomic mass is 16.2. The number of hydrogen-bond donors (Lipinski definition) is 1. The summed E-state index contributed by atoms with van der Waals surface area (Å²) in [5.41, 5.74) is 8.57. The summed E-state index contributed by atoms with van der Waals surface area (Å²) >= 11 is 0. The SMILES string of the molecule is Nc1nccnc1C(=O)N1CCN(C(c2ccccc2)c2ccccc2)CC1. The van der Waals surface area contributed by atoms with Crippen LogP contribution in [0.5, 0.6) is 0 Å². The summed E-state index contributed by atoms with van der Waals surface area (Å²) in [6.45, 7) is 2.82. The van der Waals surface area contributed by atoms with Crippen molar-refractivity contribution >= 4 is 11.7 Å². The topological polar surface area (TPSA) is 75.3 Å². The maximum atomic E-state index is 12.8. The lowest BCUT2D eigenvalue weighted by atomic mass is 9.96. The van der Waals surface area contributed by atoms with Crippen molar-refractivity contribution in [1.29, 1.82) is 0 Å². The van der Waals surface area contributed by atoms with Crippen molar-refractivity contribution in [3.63, 3.8) is 0 Å². The number of carbonyl (C=O) groups is 1. The fraction of sp³-hybridized carbons (Fsp3) is 0.227. The molecule has 28 heavy (non-hydrogen) atoms. The summed E-state index contributed by atoms with van der Waals surface area (Å²) in [7, 11) is 0. The summed E-state index contributed by atoms with van der Waals surface area (Å²) in [4.78, 5) is 25.1. The van der Waals surface area contributed by atoms with Gasteiger partial charge in [0.15, 0.2) is 11.5 Å². The number of hydrogen-bond acceptors (Lipinski definition) is 5. The number of nitrogen functional groups attached to an aromatic ring is 1. The zero-order valence-electron chi connectivity index (χ0n) is 15.6. The zero-order chi connectivity index (χ0) is 19.3. The molecule has 3 aromatic rings. The van der Waals surface area contributed by atoms with E-state index in [2.05, 4.69) is 63.4 Å². The number of anilines is 1. The second-order valence-electron chi connectivity index (χ2n) is 6.84. The van der Waals surface area contributed by atoms with Gasteiger partial charge in [-0.15, -0.1) is 0 Å². The summed E-state index contributed by atoms with van der Waals surface area (Å²) in [5.74, 6) is 0.0302. The van der Waals surface area contributed by atoms with E-state index in [4.69, 9.17) is 5.73 Å². The lowest BCUT2D eigenvalue weighted by molar-refractivity contribution is 0.0592. The van der Waals surface area contributed by atoms with E-state index < -0.39 is 0 Å². The molecule has 1 aliphatic rings. The standard InChI is InChI=1S/C22H23N5O/c23-21-19(24-11-12-25-21)22(28)27-15-13-26(14-16-27)20(17-7-3-1-4-8-17)18-9-5-2-6-10-18/h1-12,20H,13-16H2,(H2,23,25). The van der Waals surface area contributed by atoms with Gasteiger partial charge in [0, 0.05) is 38.6 Å². The maximum Gasteiger partial charge on any atom is 0.276 e. The van der Waals surface area contributed by atoms with Gasteiger partial charge in [-0.25, -0.2) is 9.97 Å². The molecule has 0 saturated carbocycles. The molecule has 0 aliphatic carbocycles. The van der Waals surface area contributed by atoms with Crippen molar-refractivity contribution in [3.05, 3.63) is 89.9 Å². The van der Waals surface area contributed by atoms with Crippen LogP contribution in [0.4, 0.5) is 5.82 Å². The van der Waals surface area contributed by atoms with Crippen molar-refractivity contribution in [1.82, 2.24) is 19.8 Å². The van der Waals surface area contributed by atoms with Gasteiger partial charge < -0.3 is 10.6 Å². The lowest BCUT2D eigenvalue weighted by Crippen LogP contribution is -2.50. The minimum Gasteiger partial charge on any atom is -0.382 e. The molecule has 2 N–H and O–H groups in total. The van der Waals surface area contributed by atoms with Crippen LogP contribution in [0.3, 0.4) is 0 Å². The molecule has 0 radical (unpaired) electrons. The quantitative estimate of drug-likeness (QED) is 0.761. The minimum absolute atomic E-state index is 0.152. The smallest absolute Gasteiger partial charge is 0.276 e. The van der Waals surface area contributed by atoms with E-state index in [0.29, 0.717) is 13.1 Å². The molecule has 142 valence electrons. The number of carbonyl (C=O) groups excluding carboxylic acids is 1. The third-order valence-corrected chi connectivity index (χ3v) is 5.13. The average Bonchev–Trinajstić information content (AvgIpc) is 2.76. The Labute approximate surface area is 164 Å². The highest BCUT2D eigenvalue weighted by molar-refractivity contribution is 5.96. The molecule has 2 aromatic carbocycles. The van der Waals surface area contributed by atoms with Gasteiger partial charge in [0.25, 0.3) is 5.91 Å². The van der Waals surface area contributed by atoms with E-state index in [0.717, 1.165) is 13.1 Å². The van der Waals surface area contributed by atoms with Gasteiger partial charge in [-0.1, -0.05) is 60.7 Å². The van der Waals surface area contributed by atoms with E-state index in [9.17, 15) is 4.79 Å². The predicted octanol–water partition coefficient (Wildman–Crippen LogP) is 2.61. The van der Waals surface area contributed by atoms with Crippen LogP contribution in [-0.2, 0) is 0 Å². The van der Waals surface area contributed by atoms with Crippen molar-refractivity contribution in [3.8, 4) is 0 Å². The molecular formula is C22H23N5O. The Morgan fingerprint density at radius 1 is 0.821 bits per heavy atom. The van der Waals surface area contributed by atoms with Gasteiger partial charge in [-0.05, 0) is 11.1 Å². The second-order valence-corrected chi connectivity index (χ2v) is 6.84. The Hall–Kier alpha value is -3.25. The Kier molecular flexibility index (Phi) is 5.30. The Morgan fingerprint density at radius 3 is 1.89 bits per heavy atom. The van der Waals surface area contributed by atoms with Gasteiger partial charge in [0.05, 0.1) is 6.04 Å². The molecule has 4 rings (SSSR count). The number of nitrogens with zero attached hydrogens (tertiary/aromatic N) is 4. The minimum atomic E-state index is -0.152. The van der Waals surface area contributed by atoms with Crippen LogP contribution in [0.25, 0.3) is 0 Å². The second kappa shape index (κ2) is 8.19. The van der Waals surface area contributed by atoms with Crippen molar-refractivity contribution < 1.29 is 4.79 Å². The first-order valence-electron chi connectivity index (χ1n) is 9.44. The highest BCUT2D eigenvalue weighted by Gasteiger charge is 2.29. The van der Waals surface area contributed by atoms with Gasteiger partial charge in [-0.2, -0.15) is 0 Å². The Bertz CT molecular complexity index is 884. The van der Waals surface area contributed by atoms with E-state index in [-0.39, 0.29) is 23.5 Å². The fourth-order valence-corrected chi connectivity index (χ4v) is 3.73. The summed E-state index contributed by atoms with van der Waals surface area (Å²) < 4.78 is 0. The molecule has 1 aromatic heterocycles.